The number of nitrogens with one attached hydrogen (secondary N) is 1. The van der Waals surface area contributed by atoms with E-state index in [1.165, 1.54) is 24.3 Å². The first-order valence-corrected chi connectivity index (χ1v) is 6.88. The summed E-state index contributed by atoms with van der Waals surface area (Å²) >= 11 is 14.6. The molecule has 20 heavy (non-hydrogen) atoms. The molecule has 0 atom stereocenters. The zero-order chi connectivity index (χ0) is 14.9. The van der Waals surface area contributed by atoms with Crippen LogP contribution in [0.15, 0.2) is 34.8 Å². The van der Waals surface area contributed by atoms with Crippen molar-refractivity contribution in [1.82, 2.24) is 0 Å². The number of carbonyl (C=O) groups excluding carboxylic acids is 1. The van der Waals surface area contributed by atoms with E-state index < -0.39 is 11.7 Å². The lowest BCUT2D eigenvalue weighted by Crippen LogP contribution is -2.12. The maximum atomic E-state index is 13.0. The van der Waals surface area contributed by atoms with Crippen LogP contribution in [-0.4, -0.2) is 11.0 Å². The number of aromatic hydroxyl groups is 1. The minimum absolute atomic E-state index is 0.112. The van der Waals surface area contributed by atoms with Crippen LogP contribution in [0.2, 0.25) is 10.0 Å². The van der Waals surface area contributed by atoms with E-state index in [1.54, 1.807) is 0 Å². The lowest BCUT2D eigenvalue weighted by atomic mass is 10.2. The van der Waals surface area contributed by atoms with Gasteiger partial charge in [-0.05, 0) is 40.2 Å². The van der Waals surface area contributed by atoms with Crippen molar-refractivity contribution in [2.45, 2.75) is 0 Å². The summed E-state index contributed by atoms with van der Waals surface area (Å²) in [5, 5.41) is 12.5. The molecule has 0 aromatic heterocycles. The van der Waals surface area contributed by atoms with Gasteiger partial charge in [-0.2, -0.15) is 0 Å². The molecule has 1 amide bonds. The molecule has 0 saturated heterocycles. The average Bonchev–Trinajstić information content (AvgIpc) is 2.35. The van der Waals surface area contributed by atoms with Crippen molar-refractivity contribution in [3.05, 3.63) is 56.2 Å². The molecule has 2 aromatic carbocycles. The molecule has 2 aromatic rings. The first-order valence-electron chi connectivity index (χ1n) is 5.33. The number of anilines is 1. The van der Waals surface area contributed by atoms with E-state index in [1.807, 2.05) is 0 Å². The van der Waals surface area contributed by atoms with Gasteiger partial charge >= 0.3 is 0 Å². The fraction of sp³-hybridized carbons (Fsp3) is 0. The van der Waals surface area contributed by atoms with E-state index in [0.717, 1.165) is 6.07 Å². The summed E-state index contributed by atoms with van der Waals surface area (Å²) < 4.78 is 13.3. The Bertz CT molecular complexity index is 694. The Labute approximate surface area is 132 Å². The summed E-state index contributed by atoms with van der Waals surface area (Å²) in [4.78, 5) is 12.0. The molecule has 0 aliphatic rings. The predicted octanol–water partition coefficient (Wildman–Crippen LogP) is 4.85. The number of hydrogen-bond acceptors (Lipinski definition) is 2. The molecule has 2 N–H and O–H groups in total. The van der Waals surface area contributed by atoms with Crippen LogP contribution in [-0.2, 0) is 0 Å². The van der Waals surface area contributed by atoms with Crippen LogP contribution in [0.1, 0.15) is 10.4 Å². The zero-order valence-electron chi connectivity index (χ0n) is 9.75. The van der Waals surface area contributed by atoms with Crippen LogP contribution in [0.25, 0.3) is 0 Å². The Balaban J connectivity index is 2.30. The minimum Gasteiger partial charge on any atom is -0.506 e. The van der Waals surface area contributed by atoms with E-state index in [4.69, 9.17) is 23.2 Å². The molecule has 0 radical (unpaired) electrons. The molecule has 7 heteroatoms. The van der Waals surface area contributed by atoms with Crippen molar-refractivity contribution in [1.29, 1.82) is 0 Å². The smallest absolute Gasteiger partial charge is 0.256 e. The van der Waals surface area contributed by atoms with Gasteiger partial charge in [-0.1, -0.05) is 23.2 Å². The van der Waals surface area contributed by atoms with Gasteiger partial charge in [0.2, 0.25) is 0 Å². The molecule has 0 unspecified atom stereocenters. The van der Waals surface area contributed by atoms with Gasteiger partial charge in [-0.3, -0.25) is 4.79 Å². The Morgan fingerprint density at radius 2 is 1.85 bits per heavy atom. The molecule has 2 rings (SSSR count). The highest BCUT2D eigenvalue weighted by Gasteiger charge is 2.14. The summed E-state index contributed by atoms with van der Waals surface area (Å²) in [6.07, 6.45) is 0. The second-order valence-corrected chi connectivity index (χ2v) is 5.53. The standard InChI is InChI=1S/C13H7BrCl2FNO2/c14-8-3-6(17)1-2-7(8)13(20)18-11-4-9(15)10(16)5-12(11)19/h1-5,19H,(H,18,20). The van der Waals surface area contributed by atoms with Crippen molar-refractivity contribution in [2.24, 2.45) is 0 Å². The van der Waals surface area contributed by atoms with Gasteiger partial charge in [0.15, 0.2) is 0 Å². The van der Waals surface area contributed by atoms with Gasteiger partial charge < -0.3 is 10.4 Å². The Kier molecular flexibility index (Phi) is 4.52. The van der Waals surface area contributed by atoms with Crippen LogP contribution in [0.4, 0.5) is 10.1 Å². The van der Waals surface area contributed by atoms with Gasteiger partial charge in [-0.15, -0.1) is 0 Å². The zero-order valence-corrected chi connectivity index (χ0v) is 12.9. The van der Waals surface area contributed by atoms with Crippen LogP contribution < -0.4 is 5.32 Å². The summed E-state index contributed by atoms with van der Waals surface area (Å²) in [6, 6.07) is 6.20. The monoisotopic (exact) mass is 377 g/mol. The number of halogens is 4. The number of phenolic OH excluding ortho intramolecular Hbond substituents is 1. The van der Waals surface area contributed by atoms with Gasteiger partial charge in [0, 0.05) is 10.5 Å². The van der Waals surface area contributed by atoms with E-state index in [-0.39, 0.29) is 27.0 Å². The van der Waals surface area contributed by atoms with E-state index in [9.17, 15) is 14.3 Å². The van der Waals surface area contributed by atoms with E-state index in [2.05, 4.69) is 21.2 Å². The van der Waals surface area contributed by atoms with Crippen LogP contribution in [0, 0.1) is 5.82 Å². The van der Waals surface area contributed by atoms with Crippen LogP contribution in [0.5, 0.6) is 5.75 Å². The highest BCUT2D eigenvalue weighted by molar-refractivity contribution is 9.10. The Morgan fingerprint density at radius 1 is 1.20 bits per heavy atom. The highest BCUT2D eigenvalue weighted by Crippen LogP contribution is 2.33. The van der Waals surface area contributed by atoms with Crippen molar-refractivity contribution < 1.29 is 14.3 Å². The van der Waals surface area contributed by atoms with Crippen LogP contribution >= 0.6 is 39.1 Å². The van der Waals surface area contributed by atoms with Crippen LogP contribution in [0.3, 0.4) is 0 Å². The SMILES string of the molecule is O=C(Nc1cc(Cl)c(Cl)cc1O)c1ccc(F)cc1Br. The van der Waals surface area contributed by atoms with Gasteiger partial charge in [0.1, 0.15) is 11.6 Å². The number of phenols is 1. The minimum atomic E-state index is -0.523. The molecule has 0 fully saturated rings. The molecule has 3 nitrogen and oxygen atoms in total. The first kappa shape index (κ1) is 15.1. The van der Waals surface area contributed by atoms with E-state index >= 15 is 0 Å². The Morgan fingerprint density at radius 3 is 2.50 bits per heavy atom. The van der Waals surface area contributed by atoms with Crippen molar-refractivity contribution in [3.63, 3.8) is 0 Å². The molecule has 0 saturated carbocycles. The maximum absolute atomic E-state index is 13.0. The third-order valence-corrected chi connectivity index (χ3v) is 3.84. The molecule has 0 aliphatic carbocycles. The highest BCUT2D eigenvalue weighted by atomic mass is 79.9. The number of benzene rings is 2. The predicted molar refractivity (Wildman–Crippen MR) is 80.2 cm³/mol. The summed E-state index contributed by atoms with van der Waals surface area (Å²) in [7, 11) is 0. The third-order valence-electron chi connectivity index (χ3n) is 2.46. The van der Waals surface area contributed by atoms with Crippen molar-refractivity contribution in [2.75, 3.05) is 5.32 Å². The molecule has 0 aliphatic heterocycles. The van der Waals surface area contributed by atoms with Crippen molar-refractivity contribution >= 4 is 50.7 Å². The summed E-state index contributed by atoms with van der Waals surface area (Å²) in [6.45, 7) is 0. The number of rotatable bonds is 2. The topological polar surface area (TPSA) is 49.3 Å². The molecule has 0 heterocycles. The van der Waals surface area contributed by atoms with Gasteiger partial charge in [0.25, 0.3) is 5.91 Å². The number of amides is 1. The van der Waals surface area contributed by atoms with Gasteiger partial charge in [0.05, 0.1) is 21.3 Å². The maximum Gasteiger partial charge on any atom is 0.256 e. The third kappa shape index (κ3) is 3.23. The summed E-state index contributed by atoms with van der Waals surface area (Å²) in [5.41, 5.74) is 0.331. The largest absolute Gasteiger partial charge is 0.506 e. The second-order valence-electron chi connectivity index (χ2n) is 3.86. The quantitative estimate of drug-likeness (QED) is 0.733. The Hall–Kier alpha value is -1.30. The fourth-order valence-corrected chi connectivity index (χ4v) is 2.35. The lowest BCUT2D eigenvalue weighted by molar-refractivity contribution is 0.102. The van der Waals surface area contributed by atoms with Crippen molar-refractivity contribution in [3.8, 4) is 5.75 Å². The first-order chi connectivity index (χ1) is 9.38. The molecular formula is C13H7BrCl2FNO2. The number of carbonyl (C=O) groups is 1. The number of hydrogen-bond donors (Lipinski definition) is 2. The van der Waals surface area contributed by atoms with Gasteiger partial charge in [-0.25, -0.2) is 4.39 Å². The molecular weight excluding hydrogens is 372 g/mol. The normalized spacial score (nSPS) is 10.4. The summed E-state index contributed by atoms with van der Waals surface area (Å²) in [5.74, 6) is -1.21. The molecule has 0 spiro atoms. The average molecular weight is 379 g/mol. The second kappa shape index (κ2) is 5.99. The lowest BCUT2D eigenvalue weighted by Gasteiger charge is -2.10. The fourth-order valence-electron chi connectivity index (χ4n) is 1.50. The molecule has 0 bridgehead atoms. The van der Waals surface area contributed by atoms with E-state index in [0.29, 0.717) is 4.47 Å². The molecule has 104 valence electrons.